The molecular weight excluding hydrogens is 746 g/mol. The van der Waals surface area contributed by atoms with E-state index in [1.54, 1.807) is 12.4 Å². The lowest BCUT2D eigenvalue weighted by atomic mass is 9.87. The average molecular weight is 785 g/mol. The van der Waals surface area contributed by atoms with E-state index in [1.165, 1.54) is 29.5 Å². The lowest BCUT2D eigenvalue weighted by Crippen LogP contribution is -2.59. The molecular formula is C42H39F3N4O6S. The molecule has 56 heavy (non-hydrogen) atoms. The molecule has 2 fully saturated rings. The Morgan fingerprint density at radius 2 is 1.45 bits per heavy atom. The summed E-state index contributed by atoms with van der Waals surface area (Å²) >= 11 is 0. The zero-order valence-corrected chi connectivity index (χ0v) is 31.1. The maximum atomic E-state index is 14.5. The number of anilines is 1. The number of halogens is 3. The minimum atomic E-state index is -4.63. The second-order valence-electron chi connectivity index (χ2n) is 13.8. The summed E-state index contributed by atoms with van der Waals surface area (Å²) in [6.07, 6.45) is 8.80. The smallest absolute Gasteiger partial charge is 0.342 e. The number of hydrogen-bond acceptors (Lipinski definition) is 8. The Balaban J connectivity index is 1.22. The van der Waals surface area contributed by atoms with Crippen LogP contribution in [0.4, 0.5) is 18.9 Å². The minimum Gasteiger partial charge on any atom is -0.488 e. The second kappa shape index (κ2) is 17.0. The van der Waals surface area contributed by atoms with Gasteiger partial charge in [0, 0.05) is 30.4 Å². The molecule has 1 saturated heterocycles. The third kappa shape index (κ3) is 8.61. The molecule has 1 saturated carbocycles. The lowest BCUT2D eigenvalue weighted by molar-refractivity contribution is -0.125. The van der Waals surface area contributed by atoms with Crippen LogP contribution in [0.1, 0.15) is 77.3 Å². The molecule has 1 aliphatic carbocycles. The van der Waals surface area contributed by atoms with Gasteiger partial charge in [0.1, 0.15) is 30.6 Å². The summed E-state index contributed by atoms with van der Waals surface area (Å²) in [5.41, 5.74) is 3.20. The van der Waals surface area contributed by atoms with Gasteiger partial charge in [-0.1, -0.05) is 79.9 Å². The van der Waals surface area contributed by atoms with Crippen LogP contribution < -0.4 is 9.64 Å². The average Bonchev–Trinajstić information content (AvgIpc) is 3.20. The van der Waals surface area contributed by atoms with Crippen molar-refractivity contribution in [2.45, 2.75) is 75.1 Å². The number of esters is 1. The Labute approximate surface area is 323 Å². The van der Waals surface area contributed by atoms with Gasteiger partial charge in [-0.15, -0.1) is 0 Å². The summed E-state index contributed by atoms with van der Waals surface area (Å²) in [5.74, 6) is -6.09. The first-order valence-electron chi connectivity index (χ1n) is 18.4. The molecule has 0 unspecified atom stereocenters. The maximum Gasteiger partial charge on any atom is 0.342 e. The monoisotopic (exact) mass is 784 g/mol. The predicted molar refractivity (Wildman–Crippen MR) is 200 cm³/mol. The van der Waals surface area contributed by atoms with E-state index in [2.05, 4.69) is 9.97 Å². The van der Waals surface area contributed by atoms with Gasteiger partial charge in [0.25, 0.3) is 0 Å². The number of benzene rings is 4. The highest BCUT2D eigenvalue weighted by atomic mass is 32.2. The lowest BCUT2D eigenvalue weighted by Gasteiger charge is -2.41. The topological polar surface area (TPSA) is 119 Å². The number of amides is 1. The van der Waals surface area contributed by atoms with E-state index in [9.17, 15) is 31.2 Å². The fourth-order valence-electron chi connectivity index (χ4n) is 6.91. The van der Waals surface area contributed by atoms with Crippen molar-refractivity contribution in [3.05, 3.63) is 149 Å². The summed E-state index contributed by atoms with van der Waals surface area (Å²) in [6.45, 7) is -0.185. The van der Waals surface area contributed by atoms with E-state index in [0.29, 0.717) is 17.8 Å². The van der Waals surface area contributed by atoms with E-state index < -0.39 is 50.3 Å². The van der Waals surface area contributed by atoms with Gasteiger partial charge in [-0.3, -0.25) is 14.8 Å². The molecule has 7 rings (SSSR count). The Kier molecular flexibility index (Phi) is 11.8. The predicted octanol–water partition coefficient (Wildman–Crippen LogP) is 7.87. The van der Waals surface area contributed by atoms with Crippen LogP contribution in [0.5, 0.6) is 5.75 Å². The van der Waals surface area contributed by atoms with E-state index in [1.807, 2.05) is 60.7 Å². The van der Waals surface area contributed by atoms with Crippen LogP contribution in [0.15, 0.2) is 108 Å². The van der Waals surface area contributed by atoms with Crippen molar-refractivity contribution in [3.8, 4) is 5.75 Å². The molecule has 2 aliphatic rings. The Morgan fingerprint density at radius 1 is 0.786 bits per heavy atom. The molecule has 1 aliphatic heterocycles. The van der Waals surface area contributed by atoms with Gasteiger partial charge in [0.15, 0.2) is 17.5 Å². The first kappa shape index (κ1) is 38.7. The molecule has 14 heteroatoms. The number of ether oxygens (including phenoxy) is 2. The summed E-state index contributed by atoms with van der Waals surface area (Å²) in [6, 6.07) is 22.4. The number of rotatable bonds is 13. The fourth-order valence-corrected chi connectivity index (χ4v) is 8.56. The second-order valence-corrected chi connectivity index (χ2v) is 15.7. The van der Waals surface area contributed by atoms with Crippen LogP contribution in [0.3, 0.4) is 0 Å². The molecule has 0 N–H and O–H groups in total. The van der Waals surface area contributed by atoms with Crippen molar-refractivity contribution in [3.63, 3.8) is 0 Å². The summed E-state index contributed by atoms with van der Waals surface area (Å²) in [5, 5.41) is 0. The first-order chi connectivity index (χ1) is 27.1. The SMILES string of the molecule is O=C(OCc1ccccc1)c1ccc(N(Cc2cnc(C3CCCCC3)cn2)C(=O)[C@H]2CCN2S(=O)(=O)c2cc(F)c(F)c(F)c2)cc1OCc1ccccc1. The Bertz CT molecular complexity index is 2270. The molecule has 0 spiro atoms. The molecule has 0 radical (unpaired) electrons. The highest BCUT2D eigenvalue weighted by Gasteiger charge is 2.45. The van der Waals surface area contributed by atoms with E-state index >= 15 is 0 Å². The summed E-state index contributed by atoms with van der Waals surface area (Å²) < 4.78 is 81.9. The van der Waals surface area contributed by atoms with E-state index in [4.69, 9.17) is 9.47 Å². The van der Waals surface area contributed by atoms with Crippen LogP contribution in [-0.4, -0.2) is 47.2 Å². The maximum absolute atomic E-state index is 14.5. The quantitative estimate of drug-likeness (QED) is 0.0875. The third-order valence-electron chi connectivity index (χ3n) is 10.1. The van der Waals surface area contributed by atoms with Crippen molar-refractivity contribution >= 4 is 27.6 Å². The van der Waals surface area contributed by atoms with Crippen molar-refractivity contribution in [2.75, 3.05) is 11.4 Å². The molecule has 1 aromatic heterocycles. The number of aromatic nitrogens is 2. The fraction of sp³-hybridized carbons (Fsp3) is 0.286. The third-order valence-corrected chi connectivity index (χ3v) is 12.0. The number of sulfonamides is 1. The zero-order valence-electron chi connectivity index (χ0n) is 30.3. The minimum absolute atomic E-state index is 0.00747. The van der Waals surface area contributed by atoms with Gasteiger partial charge >= 0.3 is 5.97 Å². The van der Waals surface area contributed by atoms with Crippen LogP contribution in [0.25, 0.3) is 0 Å². The standard InChI is InChI=1S/C42H39F3N4O6S/c43-35-21-33(22-36(44)40(35)45)56(52,53)49-19-18-38(49)41(50)48(25-31-23-47-37(24-46-31)30-14-8-3-9-15-30)32-16-17-34(42(51)55-27-29-12-6-2-7-13-29)39(20-32)54-26-28-10-4-1-5-11-28/h1-2,4-7,10-13,16-17,20-24,30,38H,3,8-9,14-15,18-19,25-27H2/t38-/m1/s1. The molecule has 2 heterocycles. The summed E-state index contributed by atoms with van der Waals surface area (Å²) in [7, 11) is -4.63. The molecule has 0 bridgehead atoms. The molecule has 5 aromatic rings. The number of carbonyl (C=O) groups is 2. The van der Waals surface area contributed by atoms with Gasteiger partial charge in [0.2, 0.25) is 15.9 Å². The van der Waals surface area contributed by atoms with Gasteiger partial charge in [-0.25, -0.2) is 26.4 Å². The molecule has 1 amide bonds. The largest absolute Gasteiger partial charge is 0.488 e. The highest BCUT2D eigenvalue weighted by Crippen LogP contribution is 2.35. The van der Waals surface area contributed by atoms with Gasteiger partial charge in [-0.2, -0.15) is 4.31 Å². The van der Waals surface area contributed by atoms with Gasteiger partial charge < -0.3 is 14.4 Å². The van der Waals surface area contributed by atoms with Crippen molar-refractivity contribution in [1.29, 1.82) is 0 Å². The van der Waals surface area contributed by atoms with Gasteiger partial charge in [0.05, 0.1) is 29.0 Å². The zero-order chi connectivity index (χ0) is 39.2. The Hall–Kier alpha value is -5.60. The highest BCUT2D eigenvalue weighted by molar-refractivity contribution is 7.89. The Morgan fingerprint density at radius 3 is 2.05 bits per heavy atom. The number of hydrogen-bond donors (Lipinski definition) is 0. The van der Waals surface area contributed by atoms with E-state index in [0.717, 1.165) is 46.8 Å². The number of carbonyl (C=O) groups excluding carboxylic acids is 2. The van der Waals surface area contributed by atoms with Crippen molar-refractivity contribution in [1.82, 2.24) is 14.3 Å². The van der Waals surface area contributed by atoms with Crippen LogP contribution >= 0.6 is 0 Å². The van der Waals surface area contributed by atoms with Crippen LogP contribution in [0, 0.1) is 17.5 Å². The van der Waals surface area contributed by atoms with Crippen LogP contribution in [-0.2, 0) is 39.3 Å². The van der Waals surface area contributed by atoms with E-state index in [-0.39, 0.29) is 55.6 Å². The number of nitrogens with zero attached hydrogens (tertiary/aromatic N) is 4. The molecule has 290 valence electrons. The van der Waals surface area contributed by atoms with Crippen molar-refractivity contribution < 1.29 is 40.7 Å². The molecule has 1 atom stereocenters. The molecule has 10 nitrogen and oxygen atoms in total. The molecule has 4 aromatic carbocycles. The van der Waals surface area contributed by atoms with Gasteiger partial charge in [-0.05, 0) is 54.7 Å². The normalized spacial score (nSPS) is 16.2. The van der Waals surface area contributed by atoms with Crippen LogP contribution in [0.2, 0.25) is 0 Å². The summed E-state index contributed by atoms with van der Waals surface area (Å²) in [4.78, 5) is 37.8. The first-order valence-corrected chi connectivity index (χ1v) is 19.8. The van der Waals surface area contributed by atoms with Crippen molar-refractivity contribution in [2.24, 2.45) is 0 Å².